The fraction of sp³-hybridized carbons (Fsp3) is 0.562. The Labute approximate surface area is 130 Å². The van der Waals surface area contributed by atoms with Crippen LogP contribution in [0.25, 0.3) is 0 Å². The molecule has 0 aromatic heterocycles. The first kappa shape index (κ1) is 16.2. The molecule has 0 radical (unpaired) electrons. The van der Waals surface area contributed by atoms with Crippen molar-refractivity contribution in [3.05, 3.63) is 35.6 Å². The first-order valence-electron chi connectivity index (χ1n) is 7.43. The number of halogens is 2. The molecule has 1 amide bonds. The second-order valence-electron chi connectivity index (χ2n) is 6.11. The lowest BCUT2D eigenvalue weighted by Crippen LogP contribution is -2.41. The second kappa shape index (κ2) is 6.32. The van der Waals surface area contributed by atoms with Crippen LogP contribution in [0.4, 0.5) is 4.39 Å². The Hall–Kier alpha value is -1.13. The largest absolute Gasteiger partial charge is 0.346 e. The van der Waals surface area contributed by atoms with Crippen molar-refractivity contribution in [1.29, 1.82) is 0 Å². The Bertz CT molecular complexity index is 519. The van der Waals surface area contributed by atoms with Gasteiger partial charge < -0.3 is 11.1 Å². The zero-order chi connectivity index (χ0) is 14.2. The quantitative estimate of drug-likeness (QED) is 0.898. The molecule has 1 aromatic carbocycles. The molecule has 2 atom stereocenters. The van der Waals surface area contributed by atoms with E-state index in [0.717, 1.165) is 37.7 Å². The van der Waals surface area contributed by atoms with Crippen LogP contribution < -0.4 is 11.1 Å². The molecule has 3 rings (SSSR count). The van der Waals surface area contributed by atoms with E-state index in [4.69, 9.17) is 5.73 Å². The first-order valence-corrected chi connectivity index (χ1v) is 7.43. The van der Waals surface area contributed by atoms with Crippen molar-refractivity contribution < 1.29 is 9.18 Å². The number of nitrogens with two attached hydrogens (primary N) is 1. The molecular weight excluding hydrogens is 291 g/mol. The first-order chi connectivity index (χ1) is 9.64. The van der Waals surface area contributed by atoms with Gasteiger partial charge in [-0.2, -0.15) is 0 Å². The molecule has 2 aliphatic carbocycles. The summed E-state index contributed by atoms with van der Waals surface area (Å²) >= 11 is 0. The average molecular weight is 313 g/mol. The molecule has 21 heavy (non-hydrogen) atoms. The van der Waals surface area contributed by atoms with Crippen molar-refractivity contribution in [3.8, 4) is 0 Å². The van der Waals surface area contributed by atoms with Gasteiger partial charge in [0.15, 0.2) is 0 Å². The summed E-state index contributed by atoms with van der Waals surface area (Å²) in [5.41, 5.74) is 6.29. The summed E-state index contributed by atoms with van der Waals surface area (Å²) in [7, 11) is 0. The van der Waals surface area contributed by atoms with Crippen LogP contribution >= 0.6 is 12.4 Å². The highest BCUT2D eigenvalue weighted by Crippen LogP contribution is 2.46. The van der Waals surface area contributed by atoms with Gasteiger partial charge in [-0.25, -0.2) is 4.39 Å². The Morgan fingerprint density at radius 2 is 2.14 bits per heavy atom. The summed E-state index contributed by atoms with van der Waals surface area (Å²) in [6.07, 6.45) is 4.83. The molecular formula is C16H22ClFN2O. The van der Waals surface area contributed by atoms with Gasteiger partial charge in [0, 0.05) is 5.92 Å². The third-order valence-electron chi connectivity index (χ3n) is 4.79. The predicted molar refractivity (Wildman–Crippen MR) is 82.6 cm³/mol. The molecule has 0 heterocycles. The van der Waals surface area contributed by atoms with Crippen LogP contribution in [0.2, 0.25) is 0 Å². The van der Waals surface area contributed by atoms with Crippen LogP contribution in [-0.2, 0) is 10.3 Å². The molecule has 0 unspecified atom stereocenters. The summed E-state index contributed by atoms with van der Waals surface area (Å²) in [6.45, 7) is 0.574. The summed E-state index contributed by atoms with van der Waals surface area (Å²) in [6, 6.07) is 6.56. The summed E-state index contributed by atoms with van der Waals surface area (Å²) in [4.78, 5) is 12.5. The smallest absolute Gasteiger partial charge is 0.224 e. The number of hydrogen-bond acceptors (Lipinski definition) is 2. The van der Waals surface area contributed by atoms with Gasteiger partial charge in [0.05, 0.1) is 5.54 Å². The van der Waals surface area contributed by atoms with E-state index in [1.807, 2.05) is 6.07 Å². The normalized spacial score (nSPS) is 26.0. The van der Waals surface area contributed by atoms with Gasteiger partial charge in [0.1, 0.15) is 5.82 Å². The molecule has 2 fully saturated rings. The van der Waals surface area contributed by atoms with Crippen molar-refractivity contribution in [2.45, 2.75) is 37.6 Å². The van der Waals surface area contributed by atoms with Gasteiger partial charge in [-0.1, -0.05) is 18.6 Å². The third-order valence-corrected chi connectivity index (χ3v) is 4.79. The van der Waals surface area contributed by atoms with Crippen LogP contribution in [0.5, 0.6) is 0 Å². The number of hydrogen-bond donors (Lipinski definition) is 2. The maximum Gasteiger partial charge on any atom is 0.224 e. The number of rotatable bonds is 4. The van der Waals surface area contributed by atoms with Crippen LogP contribution in [0.1, 0.15) is 37.7 Å². The van der Waals surface area contributed by atoms with E-state index in [1.165, 1.54) is 12.1 Å². The number of amides is 1. The monoisotopic (exact) mass is 312 g/mol. The standard InChI is InChI=1S/C16H21FN2O.ClH/c17-13-5-2-4-12(9-13)16(7-8-16)19-15(20)14-6-1-3-11(14)10-18;/h2,4-5,9,11,14H,1,3,6-8,10,18H2,(H,19,20);1H/t11-,14-;/m1./s1. The predicted octanol–water partition coefficient (Wildman–Crippen LogP) is 2.73. The Kier molecular flexibility index (Phi) is 4.89. The molecule has 3 N–H and O–H groups in total. The zero-order valence-corrected chi connectivity index (χ0v) is 12.8. The van der Waals surface area contributed by atoms with Crippen LogP contribution in [0.15, 0.2) is 24.3 Å². The van der Waals surface area contributed by atoms with Gasteiger partial charge in [-0.3, -0.25) is 4.79 Å². The average Bonchev–Trinajstić information content (AvgIpc) is 3.06. The van der Waals surface area contributed by atoms with E-state index in [1.54, 1.807) is 6.07 Å². The molecule has 3 nitrogen and oxygen atoms in total. The highest BCUT2D eigenvalue weighted by molar-refractivity contribution is 5.85. The van der Waals surface area contributed by atoms with E-state index in [0.29, 0.717) is 12.5 Å². The maximum atomic E-state index is 13.4. The van der Waals surface area contributed by atoms with Gasteiger partial charge in [-0.05, 0) is 55.8 Å². The van der Waals surface area contributed by atoms with Crippen molar-refractivity contribution in [2.24, 2.45) is 17.6 Å². The minimum atomic E-state index is -0.332. The molecule has 0 aliphatic heterocycles. The minimum Gasteiger partial charge on any atom is -0.346 e. The van der Waals surface area contributed by atoms with E-state index < -0.39 is 0 Å². The molecule has 0 bridgehead atoms. The van der Waals surface area contributed by atoms with Crippen LogP contribution in [0.3, 0.4) is 0 Å². The summed E-state index contributed by atoms with van der Waals surface area (Å²) in [5.74, 6) is 0.188. The zero-order valence-electron chi connectivity index (χ0n) is 12.0. The Balaban J connectivity index is 0.00000161. The van der Waals surface area contributed by atoms with E-state index in [-0.39, 0.29) is 35.6 Å². The molecule has 116 valence electrons. The summed E-state index contributed by atoms with van der Waals surface area (Å²) in [5, 5.41) is 3.16. The van der Waals surface area contributed by atoms with Crippen molar-refractivity contribution in [1.82, 2.24) is 5.32 Å². The van der Waals surface area contributed by atoms with E-state index in [2.05, 4.69) is 5.32 Å². The van der Waals surface area contributed by atoms with Crippen molar-refractivity contribution >= 4 is 18.3 Å². The highest BCUT2D eigenvalue weighted by Gasteiger charge is 2.47. The van der Waals surface area contributed by atoms with Gasteiger partial charge in [0.2, 0.25) is 5.91 Å². The molecule has 0 spiro atoms. The number of carbonyl (C=O) groups is 1. The Morgan fingerprint density at radius 1 is 1.38 bits per heavy atom. The maximum absolute atomic E-state index is 13.4. The lowest BCUT2D eigenvalue weighted by atomic mass is 9.94. The van der Waals surface area contributed by atoms with Crippen molar-refractivity contribution in [3.63, 3.8) is 0 Å². The lowest BCUT2D eigenvalue weighted by Gasteiger charge is -2.23. The number of nitrogens with one attached hydrogen (secondary N) is 1. The fourth-order valence-corrected chi connectivity index (χ4v) is 3.39. The van der Waals surface area contributed by atoms with Crippen LogP contribution in [0, 0.1) is 17.7 Å². The SMILES string of the molecule is Cl.NC[C@H]1CCC[C@H]1C(=O)NC1(c2cccc(F)c2)CC1. The molecule has 2 aliphatic rings. The number of benzene rings is 1. The topological polar surface area (TPSA) is 55.1 Å². The van der Waals surface area contributed by atoms with Gasteiger partial charge >= 0.3 is 0 Å². The third kappa shape index (κ3) is 3.22. The Morgan fingerprint density at radius 3 is 2.76 bits per heavy atom. The van der Waals surface area contributed by atoms with Crippen LogP contribution in [-0.4, -0.2) is 12.5 Å². The molecule has 0 saturated heterocycles. The fourth-order valence-electron chi connectivity index (χ4n) is 3.39. The number of carbonyl (C=O) groups excluding carboxylic acids is 1. The van der Waals surface area contributed by atoms with E-state index >= 15 is 0 Å². The van der Waals surface area contributed by atoms with Crippen molar-refractivity contribution in [2.75, 3.05) is 6.54 Å². The highest BCUT2D eigenvalue weighted by atomic mass is 35.5. The molecule has 5 heteroatoms. The van der Waals surface area contributed by atoms with Gasteiger partial charge in [0.25, 0.3) is 0 Å². The van der Waals surface area contributed by atoms with Gasteiger partial charge in [-0.15, -0.1) is 12.4 Å². The molecule has 1 aromatic rings. The minimum absolute atomic E-state index is 0. The summed E-state index contributed by atoms with van der Waals surface area (Å²) < 4.78 is 13.4. The lowest BCUT2D eigenvalue weighted by molar-refractivity contribution is -0.127. The second-order valence-corrected chi connectivity index (χ2v) is 6.11. The molecule has 2 saturated carbocycles. The van der Waals surface area contributed by atoms with E-state index in [9.17, 15) is 9.18 Å².